The van der Waals surface area contributed by atoms with Crippen LogP contribution in [0.1, 0.15) is 0 Å². The Morgan fingerprint density at radius 3 is 2.65 bits per heavy atom. The van der Waals surface area contributed by atoms with Gasteiger partial charge >= 0.3 is 0 Å². The van der Waals surface area contributed by atoms with Crippen molar-refractivity contribution in [2.75, 3.05) is 7.11 Å². The summed E-state index contributed by atoms with van der Waals surface area (Å²) in [6.45, 7) is 0. The van der Waals surface area contributed by atoms with Gasteiger partial charge in [-0.25, -0.2) is 0 Å². The van der Waals surface area contributed by atoms with Gasteiger partial charge in [0.15, 0.2) is 5.43 Å². The van der Waals surface area contributed by atoms with Crippen LogP contribution in [0.3, 0.4) is 0 Å². The molecule has 98 valence electrons. The monoisotopic (exact) mass is 327 g/mol. The summed E-state index contributed by atoms with van der Waals surface area (Å²) in [5.74, 6) is 0.704. The fourth-order valence-electron chi connectivity index (χ4n) is 2.82. The van der Waals surface area contributed by atoms with E-state index in [1.807, 2.05) is 18.3 Å². The van der Waals surface area contributed by atoms with E-state index >= 15 is 0 Å². The molecule has 0 amide bonds. The predicted octanol–water partition coefficient (Wildman–Crippen LogP) is 3.81. The molecule has 0 aliphatic carbocycles. The molecule has 0 N–H and O–H groups in total. The second-order valence-electron chi connectivity index (χ2n) is 4.78. The highest BCUT2D eigenvalue weighted by Crippen LogP contribution is 2.34. The second kappa shape index (κ2) is 3.96. The largest absolute Gasteiger partial charge is 0.497 e. The van der Waals surface area contributed by atoms with Gasteiger partial charge in [0, 0.05) is 27.5 Å². The number of hydrogen-bond acceptors (Lipinski definition) is 2. The average molecular weight is 328 g/mol. The summed E-state index contributed by atoms with van der Waals surface area (Å²) >= 11 is 3.51. The molecule has 20 heavy (non-hydrogen) atoms. The van der Waals surface area contributed by atoms with Crippen molar-refractivity contribution in [1.29, 1.82) is 0 Å². The first-order chi connectivity index (χ1) is 9.69. The zero-order valence-electron chi connectivity index (χ0n) is 10.7. The van der Waals surface area contributed by atoms with E-state index in [9.17, 15) is 4.79 Å². The number of nitrogens with zero attached hydrogens (tertiary/aromatic N) is 1. The molecular formula is C16H10BrNO2. The lowest BCUT2D eigenvalue weighted by Crippen LogP contribution is -2.02. The number of hydrogen-bond donors (Lipinski definition) is 0. The molecule has 0 aliphatic heterocycles. The van der Waals surface area contributed by atoms with Crippen molar-refractivity contribution in [2.45, 2.75) is 0 Å². The van der Waals surface area contributed by atoms with Crippen LogP contribution in [-0.2, 0) is 0 Å². The van der Waals surface area contributed by atoms with Crippen LogP contribution in [0, 0.1) is 0 Å². The number of rotatable bonds is 1. The molecule has 4 heteroatoms. The Hall–Kier alpha value is -2.07. The van der Waals surface area contributed by atoms with Crippen molar-refractivity contribution in [3.05, 3.63) is 57.3 Å². The van der Waals surface area contributed by atoms with Crippen molar-refractivity contribution < 1.29 is 4.74 Å². The first kappa shape index (κ1) is 11.7. The highest BCUT2D eigenvalue weighted by Gasteiger charge is 2.14. The van der Waals surface area contributed by atoms with Gasteiger partial charge < -0.3 is 9.14 Å². The SMILES string of the molecule is COc1cc2c(=O)ccn3c4ccc(Br)cc4c(c1)c23. The van der Waals surface area contributed by atoms with Crippen LogP contribution < -0.4 is 10.2 Å². The standard InChI is InChI=1S/C16H10BrNO2/c1-20-10-7-12-11-6-9(17)2-3-14(11)18-5-4-15(19)13(8-10)16(12)18/h2-8H,1H3. The van der Waals surface area contributed by atoms with E-state index in [4.69, 9.17) is 4.74 Å². The van der Waals surface area contributed by atoms with Gasteiger partial charge in [0.25, 0.3) is 0 Å². The third-order valence-corrected chi connectivity index (χ3v) is 4.20. The molecule has 2 aromatic heterocycles. The Morgan fingerprint density at radius 1 is 1.05 bits per heavy atom. The summed E-state index contributed by atoms with van der Waals surface area (Å²) in [7, 11) is 1.62. The lowest BCUT2D eigenvalue weighted by atomic mass is 10.1. The lowest BCUT2D eigenvalue weighted by molar-refractivity contribution is 0.416. The number of fused-ring (bicyclic) bond motifs is 3. The van der Waals surface area contributed by atoms with Gasteiger partial charge in [-0.15, -0.1) is 0 Å². The molecule has 4 rings (SSSR count). The zero-order valence-corrected chi connectivity index (χ0v) is 12.3. The van der Waals surface area contributed by atoms with Gasteiger partial charge in [-0.3, -0.25) is 4.79 Å². The fraction of sp³-hybridized carbons (Fsp3) is 0.0625. The number of pyridine rings is 1. The summed E-state index contributed by atoms with van der Waals surface area (Å²) in [4.78, 5) is 12.1. The van der Waals surface area contributed by atoms with Crippen molar-refractivity contribution in [3.63, 3.8) is 0 Å². The Kier molecular flexibility index (Phi) is 2.32. The molecule has 3 nitrogen and oxygen atoms in total. The Labute approximate surface area is 122 Å². The minimum absolute atomic E-state index is 0.0169. The minimum atomic E-state index is 0.0169. The normalized spacial score (nSPS) is 11.7. The topological polar surface area (TPSA) is 30.7 Å². The van der Waals surface area contributed by atoms with E-state index in [1.165, 1.54) is 0 Å². The van der Waals surface area contributed by atoms with E-state index in [1.54, 1.807) is 19.2 Å². The molecule has 0 aliphatic rings. The molecule has 0 atom stereocenters. The second-order valence-corrected chi connectivity index (χ2v) is 5.70. The molecule has 0 saturated carbocycles. The molecule has 0 spiro atoms. The van der Waals surface area contributed by atoms with Crippen LogP contribution >= 0.6 is 15.9 Å². The maximum atomic E-state index is 12.1. The van der Waals surface area contributed by atoms with Crippen molar-refractivity contribution >= 4 is 43.1 Å². The van der Waals surface area contributed by atoms with Gasteiger partial charge in [-0.1, -0.05) is 15.9 Å². The van der Waals surface area contributed by atoms with Gasteiger partial charge in [0.1, 0.15) is 5.75 Å². The summed E-state index contributed by atoms with van der Waals surface area (Å²) < 4.78 is 8.41. The van der Waals surface area contributed by atoms with Crippen LogP contribution in [0.2, 0.25) is 0 Å². The molecule has 0 fully saturated rings. The van der Waals surface area contributed by atoms with E-state index < -0.39 is 0 Å². The Morgan fingerprint density at radius 2 is 1.85 bits per heavy atom. The molecule has 0 radical (unpaired) electrons. The predicted molar refractivity (Wildman–Crippen MR) is 84.1 cm³/mol. The molecule has 2 heterocycles. The lowest BCUT2D eigenvalue weighted by Gasteiger charge is -2.03. The highest BCUT2D eigenvalue weighted by molar-refractivity contribution is 9.10. The number of halogens is 1. The molecule has 0 bridgehead atoms. The smallest absolute Gasteiger partial charge is 0.189 e. The maximum absolute atomic E-state index is 12.1. The zero-order chi connectivity index (χ0) is 13.9. The number of aromatic nitrogens is 1. The fourth-order valence-corrected chi connectivity index (χ4v) is 3.18. The molecular weight excluding hydrogens is 318 g/mol. The van der Waals surface area contributed by atoms with Gasteiger partial charge in [0.2, 0.25) is 0 Å². The van der Waals surface area contributed by atoms with Crippen LogP contribution in [0.5, 0.6) is 5.75 Å². The van der Waals surface area contributed by atoms with Crippen molar-refractivity contribution in [2.24, 2.45) is 0 Å². The summed E-state index contributed by atoms with van der Waals surface area (Å²) in [6.07, 6.45) is 1.83. The van der Waals surface area contributed by atoms with Crippen LogP contribution in [0.25, 0.3) is 27.2 Å². The summed E-state index contributed by atoms with van der Waals surface area (Å²) in [5, 5.41) is 2.83. The molecule has 0 unspecified atom stereocenters. The number of benzene rings is 2. The highest BCUT2D eigenvalue weighted by atomic mass is 79.9. The van der Waals surface area contributed by atoms with Crippen LogP contribution in [0.15, 0.2) is 51.9 Å². The van der Waals surface area contributed by atoms with E-state index in [2.05, 4.69) is 32.5 Å². The Balaban J connectivity index is 2.40. The molecule has 2 aromatic carbocycles. The van der Waals surface area contributed by atoms with Gasteiger partial charge in [-0.2, -0.15) is 0 Å². The van der Waals surface area contributed by atoms with Crippen LogP contribution in [0.4, 0.5) is 0 Å². The van der Waals surface area contributed by atoms with E-state index in [0.29, 0.717) is 11.1 Å². The Bertz CT molecular complexity index is 1020. The summed E-state index contributed by atoms with van der Waals surface area (Å²) in [6, 6.07) is 11.5. The molecule has 0 saturated heterocycles. The third-order valence-electron chi connectivity index (χ3n) is 3.71. The van der Waals surface area contributed by atoms with Crippen LogP contribution in [-0.4, -0.2) is 11.5 Å². The quantitative estimate of drug-likeness (QED) is 0.532. The van der Waals surface area contributed by atoms with Gasteiger partial charge in [-0.05, 0) is 30.3 Å². The minimum Gasteiger partial charge on any atom is -0.497 e. The first-order valence-electron chi connectivity index (χ1n) is 6.23. The third kappa shape index (κ3) is 1.42. The van der Waals surface area contributed by atoms with Crippen molar-refractivity contribution in [3.8, 4) is 5.75 Å². The maximum Gasteiger partial charge on any atom is 0.189 e. The first-order valence-corrected chi connectivity index (χ1v) is 7.02. The molecule has 4 aromatic rings. The number of methoxy groups -OCH3 is 1. The van der Waals surface area contributed by atoms with E-state index in [-0.39, 0.29) is 5.43 Å². The summed E-state index contributed by atoms with van der Waals surface area (Å²) in [5.41, 5.74) is 2.05. The average Bonchev–Trinajstić information content (AvgIpc) is 2.77. The van der Waals surface area contributed by atoms with Crippen molar-refractivity contribution in [1.82, 2.24) is 4.40 Å². The van der Waals surface area contributed by atoms with Gasteiger partial charge in [0.05, 0.1) is 23.5 Å². The number of ether oxygens (including phenoxy) is 1. The van der Waals surface area contributed by atoms with E-state index in [0.717, 1.165) is 26.3 Å².